The summed E-state index contributed by atoms with van der Waals surface area (Å²) in [6.07, 6.45) is 61.0. The highest BCUT2D eigenvalue weighted by Crippen LogP contribution is 2.13. The third-order valence-corrected chi connectivity index (χ3v) is 8.04. The van der Waals surface area contributed by atoms with E-state index in [1.807, 2.05) is 12.2 Å². The van der Waals surface area contributed by atoms with E-state index in [-0.39, 0.29) is 0 Å². The second kappa shape index (κ2) is 40.0. The number of rotatable bonds is 30. The van der Waals surface area contributed by atoms with Crippen molar-refractivity contribution in [2.45, 2.75) is 179 Å². The molecule has 0 spiro atoms. The van der Waals surface area contributed by atoms with Crippen LogP contribution < -0.4 is 0 Å². The van der Waals surface area contributed by atoms with Gasteiger partial charge in [0.05, 0.1) is 0 Å². The van der Waals surface area contributed by atoms with Crippen LogP contribution in [0.5, 0.6) is 0 Å². The van der Waals surface area contributed by atoms with Crippen LogP contribution in [-0.2, 0) is 0 Å². The van der Waals surface area contributed by atoms with E-state index in [2.05, 4.69) is 78.1 Å². The van der Waals surface area contributed by atoms with Crippen molar-refractivity contribution in [2.24, 2.45) is 0 Å². The van der Waals surface area contributed by atoms with E-state index in [0.717, 1.165) is 64.2 Å². The van der Waals surface area contributed by atoms with Gasteiger partial charge in [0.15, 0.2) is 6.10 Å². The minimum atomic E-state index is -0.867. The van der Waals surface area contributed by atoms with Gasteiger partial charge >= 0.3 is 0 Å². The fraction of sp³-hybridized carbons (Fsp3) is 0.609. The van der Waals surface area contributed by atoms with Gasteiger partial charge in [0, 0.05) is 12.8 Å². The Morgan fingerprint density at radius 1 is 0.458 bits per heavy atom. The number of aliphatic hydroxyl groups is 2. The number of allylic oxidation sites excluding steroid dienone is 9. The van der Waals surface area contributed by atoms with Gasteiger partial charge < -0.3 is 10.2 Å². The second-order valence-corrected chi connectivity index (χ2v) is 12.6. The van der Waals surface area contributed by atoms with Crippen molar-refractivity contribution in [1.29, 1.82) is 0 Å². The molecular formula is C46H68O2. The van der Waals surface area contributed by atoms with Crippen LogP contribution in [0.3, 0.4) is 0 Å². The fourth-order valence-corrected chi connectivity index (χ4v) is 5.16. The van der Waals surface area contributed by atoms with Crippen molar-refractivity contribution in [2.75, 3.05) is 0 Å². The first kappa shape index (κ1) is 44.9. The molecule has 264 valence electrons. The van der Waals surface area contributed by atoms with Crippen molar-refractivity contribution in [3.8, 4) is 48.4 Å². The van der Waals surface area contributed by atoms with Crippen molar-refractivity contribution in [3.05, 3.63) is 60.8 Å². The summed E-state index contributed by atoms with van der Waals surface area (Å²) < 4.78 is 0. The highest BCUT2D eigenvalue weighted by Gasteiger charge is 1.94. The average molecular weight is 653 g/mol. The van der Waals surface area contributed by atoms with Crippen molar-refractivity contribution in [3.63, 3.8) is 0 Å². The van der Waals surface area contributed by atoms with Gasteiger partial charge in [0.1, 0.15) is 6.10 Å². The second-order valence-electron chi connectivity index (χ2n) is 12.6. The molecule has 0 fully saturated rings. The molecule has 0 aromatic heterocycles. The Hall–Kier alpha value is -3.14. The summed E-state index contributed by atoms with van der Waals surface area (Å²) >= 11 is 0. The Kier molecular flexibility index (Phi) is 37.4. The Labute approximate surface area is 297 Å². The summed E-state index contributed by atoms with van der Waals surface area (Å²) in [5, 5.41) is 19.2. The van der Waals surface area contributed by atoms with E-state index in [1.165, 1.54) is 103 Å². The zero-order valence-electron chi connectivity index (χ0n) is 30.4. The summed E-state index contributed by atoms with van der Waals surface area (Å²) in [6.45, 7) is 0. The zero-order valence-corrected chi connectivity index (χ0v) is 30.4. The van der Waals surface area contributed by atoms with Crippen LogP contribution in [0.15, 0.2) is 60.8 Å². The van der Waals surface area contributed by atoms with Crippen LogP contribution in [0, 0.1) is 48.4 Å². The maximum Gasteiger partial charge on any atom is 0.176 e. The molecule has 0 heterocycles. The summed E-state index contributed by atoms with van der Waals surface area (Å²) in [5.74, 6) is 16.5. The van der Waals surface area contributed by atoms with E-state index < -0.39 is 12.2 Å². The summed E-state index contributed by atoms with van der Waals surface area (Å²) in [5.41, 5.74) is 0. The molecular weight excluding hydrogens is 585 g/mol. The summed E-state index contributed by atoms with van der Waals surface area (Å²) in [6, 6.07) is 0. The van der Waals surface area contributed by atoms with Gasteiger partial charge in [-0.15, -0.1) is 18.8 Å². The van der Waals surface area contributed by atoms with E-state index in [0.29, 0.717) is 0 Å². The lowest BCUT2D eigenvalue weighted by Gasteiger charge is -2.02. The van der Waals surface area contributed by atoms with E-state index >= 15 is 0 Å². The van der Waals surface area contributed by atoms with Crippen LogP contribution in [0.2, 0.25) is 0 Å². The van der Waals surface area contributed by atoms with Crippen LogP contribution >= 0.6 is 0 Å². The lowest BCUT2D eigenvalue weighted by Crippen LogP contribution is -1.97. The van der Waals surface area contributed by atoms with Crippen LogP contribution in [-0.4, -0.2) is 22.4 Å². The number of terminal acetylenes is 2. The molecule has 48 heavy (non-hydrogen) atoms. The Balaban J connectivity index is 3.51. The van der Waals surface area contributed by atoms with Gasteiger partial charge in [0.2, 0.25) is 0 Å². The maximum absolute atomic E-state index is 9.93. The number of hydrogen-bond acceptors (Lipinski definition) is 2. The van der Waals surface area contributed by atoms with Gasteiger partial charge in [-0.1, -0.05) is 149 Å². The van der Waals surface area contributed by atoms with Crippen LogP contribution in [0.1, 0.15) is 167 Å². The Morgan fingerprint density at radius 2 is 0.896 bits per heavy atom. The molecule has 0 saturated heterocycles. The SMILES string of the molecule is C#CC/C=C\CCCCCCCCCCCCC/C=C\CC/C=C/C#C[C@@H](O)C#CCCCC/C=C\CCCCCC/C=C/[C@H](O)C#C. The van der Waals surface area contributed by atoms with Crippen LogP contribution in [0.4, 0.5) is 0 Å². The molecule has 2 nitrogen and oxygen atoms in total. The monoisotopic (exact) mass is 653 g/mol. The van der Waals surface area contributed by atoms with Crippen molar-refractivity contribution in [1.82, 2.24) is 0 Å². The molecule has 0 radical (unpaired) electrons. The molecule has 0 aromatic carbocycles. The first-order valence-corrected chi connectivity index (χ1v) is 19.2. The quantitative estimate of drug-likeness (QED) is 0.0460. The lowest BCUT2D eigenvalue weighted by molar-refractivity contribution is 0.280. The van der Waals surface area contributed by atoms with Gasteiger partial charge in [-0.2, -0.15) is 0 Å². The molecule has 0 saturated carbocycles. The molecule has 0 aromatic rings. The molecule has 2 atom stereocenters. The summed E-state index contributed by atoms with van der Waals surface area (Å²) in [4.78, 5) is 0. The van der Waals surface area contributed by atoms with E-state index in [1.54, 1.807) is 6.08 Å². The van der Waals surface area contributed by atoms with Crippen molar-refractivity contribution >= 4 is 0 Å². The predicted octanol–water partition coefficient (Wildman–Crippen LogP) is 11.9. The highest BCUT2D eigenvalue weighted by atomic mass is 16.3. The molecule has 0 rings (SSSR count). The molecule has 2 N–H and O–H groups in total. The van der Waals surface area contributed by atoms with Crippen LogP contribution in [0.25, 0.3) is 0 Å². The normalized spacial score (nSPS) is 12.8. The van der Waals surface area contributed by atoms with Gasteiger partial charge in [-0.25, -0.2) is 0 Å². The minimum Gasteiger partial charge on any atom is -0.377 e. The minimum absolute atomic E-state index is 0.746. The maximum atomic E-state index is 9.93. The Morgan fingerprint density at radius 3 is 1.42 bits per heavy atom. The third-order valence-electron chi connectivity index (χ3n) is 8.04. The first-order valence-electron chi connectivity index (χ1n) is 19.2. The molecule has 0 aliphatic heterocycles. The lowest BCUT2D eigenvalue weighted by atomic mass is 10.0. The van der Waals surface area contributed by atoms with Gasteiger partial charge in [-0.05, 0) is 95.6 Å². The number of unbranched alkanes of at least 4 members (excludes halogenated alkanes) is 21. The highest BCUT2D eigenvalue weighted by molar-refractivity contribution is 5.24. The average Bonchev–Trinajstić information content (AvgIpc) is 3.09. The predicted molar refractivity (Wildman–Crippen MR) is 211 cm³/mol. The first-order chi connectivity index (χ1) is 23.7. The molecule has 0 amide bonds. The zero-order chi connectivity index (χ0) is 34.9. The molecule has 0 aliphatic rings. The van der Waals surface area contributed by atoms with Gasteiger partial charge in [0.25, 0.3) is 0 Å². The number of aliphatic hydroxyl groups excluding tert-OH is 2. The smallest absolute Gasteiger partial charge is 0.176 e. The van der Waals surface area contributed by atoms with Gasteiger partial charge in [-0.3, -0.25) is 0 Å². The fourth-order valence-electron chi connectivity index (χ4n) is 5.16. The third kappa shape index (κ3) is 39.0. The van der Waals surface area contributed by atoms with E-state index in [9.17, 15) is 10.2 Å². The standard InChI is InChI=1S/C46H68O2/c1-3-5-6-7-8-9-10-11-12-13-14-15-16-17-18-19-20-21-25-28-31-34-37-40-43-46(48)44-41-38-35-32-29-26-23-22-24-27-30-33-36-39-42-45(47)4-2/h1-2,6-7,21,23,25-26,34,37,39,42,45-48H,5,8-20,22,24,27-33,35-36,38H2/b7-6-,25-21-,26-23-,37-34+,42-39+/t45-,46-/m1/s1. The Bertz CT molecular complexity index is 1070. The molecule has 0 unspecified atom stereocenters. The molecule has 0 aliphatic carbocycles. The topological polar surface area (TPSA) is 40.5 Å². The number of hydrogen-bond donors (Lipinski definition) is 2. The largest absolute Gasteiger partial charge is 0.377 e. The molecule has 0 bridgehead atoms. The summed E-state index contributed by atoms with van der Waals surface area (Å²) in [7, 11) is 0. The van der Waals surface area contributed by atoms with E-state index in [4.69, 9.17) is 12.8 Å². The van der Waals surface area contributed by atoms with Crippen molar-refractivity contribution < 1.29 is 10.2 Å². The molecule has 2 heteroatoms.